The molecule has 5 nitrogen and oxygen atoms in total. The van der Waals surface area contributed by atoms with Crippen molar-refractivity contribution >= 4 is 23.1 Å². The molecule has 0 aromatic carbocycles. The molecule has 0 radical (unpaired) electrons. The lowest BCUT2D eigenvalue weighted by atomic mass is 9.79. The van der Waals surface area contributed by atoms with Gasteiger partial charge in [0, 0.05) is 25.2 Å². The first-order chi connectivity index (χ1) is 13.9. The molecule has 2 saturated carbocycles. The molecule has 2 aliphatic rings. The van der Waals surface area contributed by atoms with Crippen molar-refractivity contribution in [2.75, 3.05) is 5.32 Å². The topological polar surface area (TPSA) is 59.8 Å². The van der Waals surface area contributed by atoms with Gasteiger partial charge in [-0.1, -0.05) is 6.42 Å². The first kappa shape index (κ1) is 21.1. The van der Waals surface area contributed by atoms with Crippen LogP contribution in [0.5, 0.6) is 0 Å². The minimum absolute atomic E-state index is 0.0297. The van der Waals surface area contributed by atoms with Crippen molar-refractivity contribution in [3.8, 4) is 10.6 Å². The van der Waals surface area contributed by atoms with Crippen molar-refractivity contribution in [1.82, 2.24) is 14.8 Å². The van der Waals surface area contributed by atoms with E-state index in [0.29, 0.717) is 22.6 Å². The molecule has 0 saturated heterocycles. The highest BCUT2D eigenvalue weighted by molar-refractivity contribution is 7.15. The normalized spacial score (nSPS) is 18.9. The molecule has 0 bridgehead atoms. The van der Waals surface area contributed by atoms with Gasteiger partial charge in [0.2, 0.25) is 5.91 Å². The van der Waals surface area contributed by atoms with Crippen LogP contribution in [0.25, 0.3) is 10.6 Å². The molecule has 2 aliphatic carbocycles. The van der Waals surface area contributed by atoms with E-state index in [-0.39, 0.29) is 29.5 Å². The van der Waals surface area contributed by atoms with Crippen molar-refractivity contribution < 1.29 is 31.1 Å². The van der Waals surface area contributed by atoms with Gasteiger partial charge >= 0.3 is 12.4 Å². The summed E-state index contributed by atoms with van der Waals surface area (Å²) in [4.78, 5) is 16.1. The number of alkyl halides is 6. The van der Waals surface area contributed by atoms with Crippen LogP contribution in [0.2, 0.25) is 0 Å². The molecule has 30 heavy (non-hydrogen) atoms. The maximum atomic E-state index is 13.2. The predicted octanol–water partition coefficient (Wildman–Crippen LogP) is 5.50. The Kier molecular flexibility index (Phi) is 4.90. The zero-order chi connectivity index (χ0) is 21.9. The van der Waals surface area contributed by atoms with E-state index in [1.54, 1.807) is 0 Å². The summed E-state index contributed by atoms with van der Waals surface area (Å²) in [5.74, 6) is -0.713. The van der Waals surface area contributed by atoms with E-state index in [4.69, 9.17) is 0 Å². The third-order valence-corrected chi connectivity index (χ3v) is 6.84. The monoisotopic (exact) mass is 452 g/mol. The van der Waals surface area contributed by atoms with Gasteiger partial charge in [-0.2, -0.15) is 31.4 Å². The molecule has 0 atom stereocenters. The van der Waals surface area contributed by atoms with Gasteiger partial charge in [-0.25, -0.2) is 4.98 Å². The Morgan fingerprint density at radius 2 is 1.93 bits per heavy atom. The summed E-state index contributed by atoms with van der Waals surface area (Å²) in [5, 5.41) is 5.71. The van der Waals surface area contributed by atoms with Crippen LogP contribution >= 0.6 is 11.3 Å². The predicted molar refractivity (Wildman–Crippen MR) is 96.9 cm³/mol. The SMILES string of the molecule is Cn1nc(NC(=O)CC2(C(F)(F)F)CC2)c(C2CCC2)c1-c1cnc(C(F)(F)F)s1. The number of thiazole rings is 1. The Morgan fingerprint density at radius 1 is 1.27 bits per heavy atom. The van der Waals surface area contributed by atoms with Gasteiger partial charge in [0.1, 0.15) is 0 Å². The zero-order valence-corrected chi connectivity index (χ0v) is 16.6. The molecule has 4 rings (SSSR count). The maximum absolute atomic E-state index is 13.2. The molecule has 1 N–H and O–H groups in total. The van der Waals surface area contributed by atoms with Gasteiger partial charge in [0.25, 0.3) is 0 Å². The van der Waals surface area contributed by atoms with E-state index in [1.807, 2.05) is 0 Å². The van der Waals surface area contributed by atoms with Gasteiger partial charge in [-0.15, -0.1) is 11.3 Å². The quantitative estimate of drug-likeness (QED) is 0.610. The number of hydrogen-bond donors (Lipinski definition) is 1. The molecule has 2 fully saturated rings. The molecule has 0 aliphatic heterocycles. The minimum Gasteiger partial charge on any atom is -0.309 e. The van der Waals surface area contributed by atoms with Gasteiger partial charge in [0.05, 0.1) is 16.0 Å². The lowest BCUT2D eigenvalue weighted by molar-refractivity contribution is -0.189. The summed E-state index contributed by atoms with van der Waals surface area (Å²) in [7, 11) is 1.53. The summed E-state index contributed by atoms with van der Waals surface area (Å²) in [6.07, 6.45) is -6.34. The molecular formula is C18H18F6N4OS. The molecule has 2 aromatic rings. The molecule has 164 valence electrons. The number of nitrogens with one attached hydrogen (secondary N) is 1. The summed E-state index contributed by atoms with van der Waals surface area (Å²) >= 11 is 0.470. The van der Waals surface area contributed by atoms with Crippen LogP contribution in [0.4, 0.5) is 32.2 Å². The average Bonchev–Trinajstić information content (AvgIpc) is 3.06. The lowest BCUT2D eigenvalue weighted by Crippen LogP contribution is -2.30. The molecule has 0 spiro atoms. The summed E-state index contributed by atoms with van der Waals surface area (Å²) in [6.45, 7) is 0. The highest BCUT2D eigenvalue weighted by atomic mass is 32.1. The molecule has 2 heterocycles. The number of amides is 1. The number of rotatable bonds is 5. The second-order valence-electron chi connectivity index (χ2n) is 7.89. The van der Waals surface area contributed by atoms with E-state index >= 15 is 0 Å². The van der Waals surface area contributed by atoms with E-state index in [0.717, 1.165) is 25.5 Å². The molecule has 2 aromatic heterocycles. The Balaban J connectivity index is 1.64. The van der Waals surface area contributed by atoms with Crippen LogP contribution in [-0.2, 0) is 18.0 Å². The fraction of sp³-hybridized carbons (Fsp3) is 0.611. The third-order valence-electron chi connectivity index (χ3n) is 5.79. The van der Waals surface area contributed by atoms with Crippen molar-refractivity contribution in [2.24, 2.45) is 12.5 Å². The highest BCUT2D eigenvalue weighted by Gasteiger charge is 2.63. The standard InChI is InChI=1S/C18H18F6N4OS/c1-28-13(10-8-25-15(30-10)17(19,20)21)12(9-3-2-4-9)14(27-28)26-11(29)7-16(5-6-16)18(22,23)24/h8-9H,2-7H2,1H3,(H,26,27,29). The molecular weight excluding hydrogens is 434 g/mol. The number of hydrogen-bond acceptors (Lipinski definition) is 4. The third kappa shape index (κ3) is 3.69. The van der Waals surface area contributed by atoms with Crippen LogP contribution in [-0.4, -0.2) is 26.8 Å². The van der Waals surface area contributed by atoms with Crippen LogP contribution < -0.4 is 5.32 Å². The number of aryl methyl sites for hydroxylation is 1. The van der Waals surface area contributed by atoms with E-state index in [2.05, 4.69) is 15.4 Å². The fourth-order valence-electron chi connectivity index (χ4n) is 3.72. The first-order valence-corrected chi connectivity index (χ1v) is 10.2. The second-order valence-corrected chi connectivity index (χ2v) is 8.92. The van der Waals surface area contributed by atoms with Crippen molar-refractivity contribution in [3.63, 3.8) is 0 Å². The highest BCUT2D eigenvalue weighted by Crippen LogP contribution is 2.60. The van der Waals surface area contributed by atoms with E-state index < -0.39 is 35.1 Å². The summed E-state index contributed by atoms with van der Waals surface area (Å²) in [6, 6.07) is 0. The van der Waals surface area contributed by atoms with E-state index in [1.165, 1.54) is 11.7 Å². The van der Waals surface area contributed by atoms with Crippen LogP contribution in [0.15, 0.2) is 6.20 Å². The van der Waals surface area contributed by atoms with Crippen molar-refractivity contribution in [2.45, 2.75) is 56.8 Å². The average molecular weight is 452 g/mol. The number of carbonyl (C=O) groups excluding carboxylic acids is 1. The van der Waals surface area contributed by atoms with Crippen LogP contribution in [0, 0.1) is 5.41 Å². The minimum atomic E-state index is -4.58. The Labute approximate surface area is 171 Å². The van der Waals surface area contributed by atoms with Gasteiger partial charge < -0.3 is 5.32 Å². The molecule has 1 amide bonds. The number of nitrogens with zero attached hydrogens (tertiary/aromatic N) is 3. The Hall–Kier alpha value is -2.11. The zero-order valence-electron chi connectivity index (χ0n) is 15.8. The number of halogens is 6. The van der Waals surface area contributed by atoms with Gasteiger partial charge in [0.15, 0.2) is 10.8 Å². The molecule has 12 heteroatoms. The van der Waals surface area contributed by atoms with Crippen LogP contribution in [0.3, 0.4) is 0 Å². The van der Waals surface area contributed by atoms with Gasteiger partial charge in [-0.3, -0.25) is 9.48 Å². The number of anilines is 1. The Morgan fingerprint density at radius 3 is 2.40 bits per heavy atom. The number of carbonyl (C=O) groups is 1. The summed E-state index contributed by atoms with van der Waals surface area (Å²) < 4.78 is 79.7. The largest absolute Gasteiger partial charge is 0.443 e. The number of aromatic nitrogens is 3. The first-order valence-electron chi connectivity index (χ1n) is 9.38. The fourth-order valence-corrected chi connectivity index (χ4v) is 4.59. The summed E-state index contributed by atoms with van der Waals surface area (Å²) in [5.41, 5.74) is -1.02. The Bertz CT molecular complexity index is 968. The van der Waals surface area contributed by atoms with E-state index in [9.17, 15) is 31.1 Å². The smallest absolute Gasteiger partial charge is 0.309 e. The molecule has 0 unspecified atom stereocenters. The lowest BCUT2D eigenvalue weighted by Gasteiger charge is -2.26. The van der Waals surface area contributed by atoms with Crippen molar-refractivity contribution in [3.05, 3.63) is 16.8 Å². The maximum Gasteiger partial charge on any atom is 0.443 e. The van der Waals surface area contributed by atoms with Gasteiger partial charge in [-0.05, 0) is 31.6 Å². The second kappa shape index (κ2) is 6.96. The van der Waals surface area contributed by atoms with Crippen molar-refractivity contribution in [1.29, 1.82) is 0 Å². The van der Waals surface area contributed by atoms with Crippen LogP contribution in [0.1, 0.15) is 55.0 Å².